The molecule has 0 saturated heterocycles. The fraction of sp³-hybridized carbons (Fsp3) is 0. The van der Waals surface area contributed by atoms with E-state index in [0.29, 0.717) is 4.47 Å². The zero-order valence-corrected chi connectivity index (χ0v) is 9.66. The maximum atomic E-state index is 5.79. The third-order valence-electron chi connectivity index (χ3n) is 2.28. The van der Waals surface area contributed by atoms with Crippen LogP contribution in [0.25, 0.3) is 21.5 Å². The van der Waals surface area contributed by atoms with E-state index >= 15 is 0 Å². The van der Waals surface area contributed by atoms with Crippen molar-refractivity contribution in [3.8, 4) is 10.6 Å². The van der Waals surface area contributed by atoms with Crippen molar-refractivity contribution in [2.75, 3.05) is 0 Å². The van der Waals surface area contributed by atoms with Gasteiger partial charge in [-0.2, -0.15) is 0 Å². The summed E-state index contributed by atoms with van der Waals surface area (Å²) in [6.07, 6.45) is 1.77. The number of nitrogens with zero attached hydrogens (tertiary/aromatic N) is 3. The molecule has 0 unspecified atom stereocenters. The number of hydrogen-bond acceptors (Lipinski definition) is 4. The highest BCUT2D eigenvalue weighted by Crippen LogP contribution is 2.30. The second kappa shape index (κ2) is 3.81. The van der Waals surface area contributed by atoms with Gasteiger partial charge in [0.05, 0.1) is 5.52 Å². The molecule has 1 aromatic carbocycles. The van der Waals surface area contributed by atoms with Crippen molar-refractivity contribution < 1.29 is 0 Å². The van der Waals surface area contributed by atoms with Crippen LogP contribution in [0.2, 0.25) is 4.47 Å². The first-order valence-electron chi connectivity index (χ1n) is 4.68. The predicted molar refractivity (Wildman–Crippen MR) is 65.7 cm³/mol. The van der Waals surface area contributed by atoms with Crippen LogP contribution in [0.1, 0.15) is 0 Å². The van der Waals surface area contributed by atoms with E-state index in [1.807, 2.05) is 30.3 Å². The maximum absolute atomic E-state index is 5.79. The molecule has 2 aromatic heterocycles. The minimum Gasteiger partial charge on any atom is -0.256 e. The minimum atomic E-state index is 0.455. The molecule has 0 bridgehead atoms. The highest BCUT2D eigenvalue weighted by atomic mass is 35.5. The number of fused-ring (bicyclic) bond motifs is 1. The third-order valence-corrected chi connectivity index (χ3v) is 3.33. The molecule has 3 nitrogen and oxygen atoms in total. The van der Waals surface area contributed by atoms with Crippen molar-refractivity contribution in [3.05, 3.63) is 41.0 Å². The smallest absolute Gasteiger partial charge is 0.207 e. The molecule has 0 aliphatic rings. The number of pyridine rings is 1. The Bertz CT molecular complexity index is 645. The summed E-state index contributed by atoms with van der Waals surface area (Å²) in [6.45, 7) is 0. The molecule has 0 radical (unpaired) electrons. The SMILES string of the molecule is Clc1nnc(-c2ccnc3ccccc23)s1. The van der Waals surface area contributed by atoms with Gasteiger partial charge in [0.25, 0.3) is 0 Å². The molecular weight excluding hydrogens is 242 g/mol. The molecule has 0 aliphatic carbocycles. The van der Waals surface area contributed by atoms with E-state index in [0.717, 1.165) is 21.5 Å². The Morgan fingerprint density at radius 3 is 2.75 bits per heavy atom. The normalized spacial score (nSPS) is 10.8. The van der Waals surface area contributed by atoms with Gasteiger partial charge in [-0.1, -0.05) is 29.5 Å². The van der Waals surface area contributed by atoms with Crippen LogP contribution in [0, 0.1) is 0 Å². The molecule has 0 spiro atoms. The Kier molecular flexibility index (Phi) is 2.31. The van der Waals surface area contributed by atoms with Gasteiger partial charge in [0.1, 0.15) is 5.01 Å². The lowest BCUT2D eigenvalue weighted by Crippen LogP contribution is -1.83. The molecule has 2 heterocycles. The summed E-state index contributed by atoms with van der Waals surface area (Å²) in [4.78, 5) is 4.30. The van der Waals surface area contributed by atoms with Gasteiger partial charge >= 0.3 is 0 Å². The lowest BCUT2D eigenvalue weighted by molar-refractivity contribution is 1.10. The zero-order chi connectivity index (χ0) is 11.0. The minimum absolute atomic E-state index is 0.455. The summed E-state index contributed by atoms with van der Waals surface area (Å²) in [5.74, 6) is 0. The van der Waals surface area contributed by atoms with Gasteiger partial charge in [-0.3, -0.25) is 4.98 Å². The van der Waals surface area contributed by atoms with Crippen molar-refractivity contribution in [2.45, 2.75) is 0 Å². The number of hydrogen-bond donors (Lipinski definition) is 0. The molecule has 0 saturated carbocycles. The number of rotatable bonds is 1. The Hall–Kier alpha value is -1.52. The molecule has 16 heavy (non-hydrogen) atoms. The molecule has 78 valence electrons. The van der Waals surface area contributed by atoms with Crippen LogP contribution in [0.15, 0.2) is 36.5 Å². The maximum Gasteiger partial charge on any atom is 0.207 e. The van der Waals surface area contributed by atoms with E-state index in [1.54, 1.807) is 6.20 Å². The monoisotopic (exact) mass is 247 g/mol. The first-order chi connectivity index (χ1) is 7.84. The number of para-hydroxylation sites is 1. The van der Waals surface area contributed by atoms with Crippen molar-refractivity contribution >= 4 is 33.8 Å². The summed E-state index contributed by atoms with van der Waals surface area (Å²) >= 11 is 7.16. The molecule has 0 fully saturated rings. The van der Waals surface area contributed by atoms with Crippen molar-refractivity contribution in [3.63, 3.8) is 0 Å². The first kappa shape index (κ1) is 9.69. The number of benzene rings is 1. The quantitative estimate of drug-likeness (QED) is 0.662. The third kappa shape index (κ3) is 1.56. The Labute approximate surface area is 101 Å². The average molecular weight is 248 g/mol. The summed E-state index contributed by atoms with van der Waals surface area (Å²) in [7, 11) is 0. The van der Waals surface area contributed by atoms with Gasteiger partial charge in [0, 0.05) is 17.1 Å². The van der Waals surface area contributed by atoms with Crippen LogP contribution in [-0.2, 0) is 0 Å². The largest absolute Gasteiger partial charge is 0.256 e. The highest BCUT2D eigenvalue weighted by Gasteiger charge is 2.08. The van der Waals surface area contributed by atoms with Gasteiger partial charge < -0.3 is 0 Å². The van der Waals surface area contributed by atoms with Crippen LogP contribution in [0.3, 0.4) is 0 Å². The summed E-state index contributed by atoms with van der Waals surface area (Å²) < 4.78 is 0.455. The summed E-state index contributed by atoms with van der Waals surface area (Å²) in [5.41, 5.74) is 1.97. The van der Waals surface area contributed by atoms with E-state index in [2.05, 4.69) is 15.2 Å². The fourth-order valence-corrected chi connectivity index (χ4v) is 2.46. The van der Waals surface area contributed by atoms with E-state index < -0.39 is 0 Å². The van der Waals surface area contributed by atoms with Gasteiger partial charge in [-0.05, 0) is 23.7 Å². The van der Waals surface area contributed by atoms with Crippen molar-refractivity contribution in [1.82, 2.24) is 15.2 Å². The number of halogens is 1. The molecule has 0 amide bonds. The molecule has 0 N–H and O–H groups in total. The first-order valence-corrected chi connectivity index (χ1v) is 5.87. The average Bonchev–Trinajstić information content (AvgIpc) is 2.75. The molecule has 0 aliphatic heterocycles. The Balaban J connectivity index is 2.31. The summed E-state index contributed by atoms with van der Waals surface area (Å²) in [6, 6.07) is 9.87. The van der Waals surface area contributed by atoms with Crippen LogP contribution >= 0.6 is 22.9 Å². The molecule has 3 rings (SSSR count). The van der Waals surface area contributed by atoms with Crippen molar-refractivity contribution in [2.24, 2.45) is 0 Å². The molecular formula is C11H6ClN3S. The molecule has 5 heteroatoms. The predicted octanol–water partition coefficient (Wildman–Crippen LogP) is 3.41. The topological polar surface area (TPSA) is 38.7 Å². The van der Waals surface area contributed by atoms with E-state index in [4.69, 9.17) is 11.6 Å². The van der Waals surface area contributed by atoms with Gasteiger partial charge in [-0.15, -0.1) is 10.2 Å². The Morgan fingerprint density at radius 2 is 1.94 bits per heavy atom. The Morgan fingerprint density at radius 1 is 1.06 bits per heavy atom. The van der Waals surface area contributed by atoms with Crippen molar-refractivity contribution in [1.29, 1.82) is 0 Å². The van der Waals surface area contributed by atoms with Crippen LogP contribution in [-0.4, -0.2) is 15.2 Å². The molecule has 0 atom stereocenters. The van der Waals surface area contributed by atoms with Crippen LogP contribution < -0.4 is 0 Å². The molecule has 3 aromatic rings. The van der Waals surface area contributed by atoms with Gasteiger partial charge in [0.2, 0.25) is 4.47 Å². The zero-order valence-electron chi connectivity index (χ0n) is 8.09. The number of aromatic nitrogens is 3. The fourth-order valence-electron chi connectivity index (χ4n) is 1.60. The van der Waals surface area contributed by atoms with E-state index in [1.165, 1.54) is 11.3 Å². The summed E-state index contributed by atoms with van der Waals surface area (Å²) in [5, 5.41) is 9.75. The lowest BCUT2D eigenvalue weighted by Gasteiger charge is -2.01. The second-order valence-electron chi connectivity index (χ2n) is 3.24. The van der Waals surface area contributed by atoms with E-state index in [9.17, 15) is 0 Å². The lowest BCUT2D eigenvalue weighted by atomic mass is 10.1. The second-order valence-corrected chi connectivity index (χ2v) is 4.80. The van der Waals surface area contributed by atoms with Gasteiger partial charge in [0.15, 0.2) is 0 Å². The standard InChI is InChI=1S/C11H6ClN3S/c12-11-15-14-10(16-11)8-5-6-13-9-4-2-1-3-7(8)9/h1-6H. The van der Waals surface area contributed by atoms with Crippen LogP contribution in [0.4, 0.5) is 0 Å². The van der Waals surface area contributed by atoms with E-state index in [-0.39, 0.29) is 0 Å². The highest BCUT2D eigenvalue weighted by molar-refractivity contribution is 7.18. The van der Waals surface area contributed by atoms with Crippen LogP contribution in [0.5, 0.6) is 0 Å². The van der Waals surface area contributed by atoms with Gasteiger partial charge in [-0.25, -0.2) is 0 Å².